The molecule has 1 unspecified atom stereocenters. The molecule has 0 saturated heterocycles. The van der Waals surface area contributed by atoms with Gasteiger partial charge in [0.2, 0.25) is 5.91 Å². The van der Waals surface area contributed by atoms with Crippen LogP contribution in [-0.2, 0) is 17.6 Å². The van der Waals surface area contributed by atoms with Crippen LogP contribution >= 0.6 is 11.6 Å². The second kappa shape index (κ2) is 7.78. The number of aromatic amines is 1. The molecule has 4 aromatic rings. The van der Waals surface area contributed by atoms with Crippen molar-refractivity contribution < 1.29 is 14.1 Å². The van der Waals surface area contributed by atoms with Gasteiger partial charge in [-0.25, -0.2) is 0 Å². The van der Waals surface area contributed by atoms with Crippen molar-refractivity contribution >= 4 is 28.4 Å². The molecule has 0 bridgehead atoms. The normalized spacial score (nSPS) is 15.1. The van der Waals surface area contributed by atoms with Crippen LogP contribution in [0.1, 0.15) is 22.6 Å². The zero-order valence-electron chi connectivity index (χ0n) is 17.3. The predicted molar refractivity (Wildman–Crippen MR) is 120 cm³/mol. The summed E-state index contributed by atoms with van der Waals surface area (Å²) >= 11 is 6.41. The van der Waals surface area contributed by atoms with Crippen LogP contribution in [-0.4, -0.2) is 28.7 Å². The van der Waals surface area contributed by atoms with E-state index in [2.05, 4.69) is 33.7 Å². The minimum Gasteiger partial charge on any atom is -0.487 e. The number of rotatable bonds is 5. The van der Waals surface area contributed by atoms with E-state index >= 15 is 0 Å². The monoisotopic (exact) mass is 435 g/mol. The van der Waals surface area contributed by atoms with Crippen molar-refractivity contribution in [1.82, 2.24) is 15.5 Å². The molecule has 7 heteroatoms. The van der Waals surface area contributed by atoms with Gasteiger partial charge in [-0.05, 0) is 55.1 Å². The van der Waals surface area contributed by atoms with Gasteiger partial charge in [0.25, 0.3) is 0 Å². The average Bonchev–Trinajstić information content (AvgIpc) is 3.46. The Kier molecular flexibility index (Phi) is 4.94. The third kappa shape index (κ3) is 3.79. The van der Waals surface area contributed by atoms with Gasteiger partial charge >= 0.3 is 0 Å². The Labute approximate surface area is 184 Å². The van der Waals surface area contributed by atoms with E-state index < -0.39 is 0 Å². The summed E-state index contributed by atoms with van der Waals surface area (Å²) in [7, 11) is 0. The van der Waals surface area contributed by atoms with Crippen LogP contribution in [0.15, 0.2) is 47.1 Å². The lowest BCUT2D eigenvalue weighted by Crippen LogP contribution is -2.35. The topological polar surface area (TPSA) is 80.2 Å². The number of nitrogens with zero attached hydrogens (tertiary/aromatic N) is 1. The van der Waals surface area contributed by atoms with E-state index in [-0.39, 0.29) is 18.4 Å². The van der Waals surface area contributed by atoms with Crippen molar-refractivity contribution in [2.75, 3.05) is 6.54 Å². The van der Waals surface area contributed by atoms with Gasteiger partial charge in [-0.3, -0.25) is 4.79 Å². The molecule has 5 rings (SSSR count). The molecule has 1 aliphatic heterocycles. The summed E-state index contributed by atoms with van der Waals surface area (Å²) in [5, 5.41) is 8.69. The lowest BCUT2D eigenvalue weighted by molar-refractivity contribution is -0.120. The van der Waals surface area contributed by atoms with E-state index in [0.29, 0.717) is 23.7 Å². The van der Waals surface area contributed by atoms with Gasteiger partial charge in [0.05, 0.1) is 18.7 Å². The fourth-order valence-corrected chi connectivity index (χ4v) is 4.39. The fourth-order valence-electron chi connectivity index (χ4n) is 4.15. The van der Waals surface area contributed by atoms with Crippen LogP contribution in [0.25, 0.3) is 22.0 Å². The lowest BCUT2D eigenvalue weighted by atomic mass is 9.99. The molecule has 0 saturated carbocycles. The Morgan fingerprint density at radius 2 is 2.13 bits per heavy atom. The Morgan fingerprint density at radius 1 is 1.26 bits per heavy atom. The van der Waals surface area contributed by atoms with E-state index in [1.54, 1.807) is 0 Å². The number of fused-ring (bicyclic) bond motifs is 2. The molecule has 2 aromatic heterocycles. The van der Waals surface area contributed by atoms with Gasteiger partial charge < -0.3 is 19.6 Å². The molecular weight excluding hydrogens is 414 g/mol. The van der Waals surface area contributed by atoms with Crippen molar-refractivity contribution in [3.63, 3.8) is 0 Å². The number of carbonyl (C=O) groups is 1. The lowest BCUT2D eigenvalue weighted by Gasteiger charge is -2.14. The Morgan fingerprint density at radius 3 is 2.94 bits per heavy atom. The summed E-state index contributed by atoms with van der Waals surface area (Å²) in [4.78, 5) is 15.6. The highest BCUT2D eigenvalue weighted by atomic mass is 35.5. The van der Waals surface area contributed by atoms with Crippen LogP contribution in [0.4, 0.5) is 0 Å². The van der Waals surface area contributed by atoms with E-state index in [1.165, 1.54) is 0 Å². The van der Waals surface area contributed by atoms with Crippen LogP contribution in [0.3, 0.4) is 0 Å². The quantitative estimate of drug-likeness (QED) is 0.473. The third-order valence-electron chi connectivity index (χ3n) is 5.77. The first kappa shape index (κ1) is 19.7. The van der Waals surface area contributed by atoms with Gasteiger partial charge in [-0.15, -0.1) is 0 Å². The molecule has 158 valence electrons. The number of aromatic nitrogens is 2. The molecule has 1 aliphatic rings. The number of benzene rings is 2. The molecule has 1 atom stereocenters. The molecule has 0 fully saturated rings. The maximum absolute atomic E-state index is 12.4. The van der Waals surface area contributed by atoms with Crippen LogP contribution in [0, 0.1) is 13.8 Å². The highest BCUT2D eigenvalue weighted by molar-refractivity contribution is 6.31. The van der Waals surface area contributed by atoms with Gasteiger partial charge in [0.15, 0.2) is 0 Å². The summed E-state index contributed by atoms with van der Waals surface area (Å²) < 4.78 is 11.4. The number of amides is 1. The van der Waals surface area contributed by atoms with Gasteiger partial charge in [0.1, 0.15) is 17.6 Å². The summed E-state index contributed by atoms with van der Waals surface area (Å²) in [5.41, 5.74) is 5.74. The Hall–Kier alpha value is -3.25. The number of halogens is 1. The van der Waals surface area contributed by atoms with Gasteiger partial charge in [-0.2, -0.15) is 0 Å². The van der Waals surface area contributed by atoms with Crippen molar-refractivity contribution in [3.05, 3.63) is 70.2 Å². The minimum absolute atomic E-state index is 0.0786. The van der Waals surface area contributed by atoms with Crippen LogP contribution in [0.2, 0.25) is 5.02 Å². The molecule has 2 N–H and O–H groups in total. The maximum Gasteiger partial charge on any atom is 0.224 e. The van der Waals surface area contributed by atoms with E-state index in [1.807, 2.05) is 38.2 Å². The largest absolute Gasteiger partial charge is 0.487 e. The van der Waals surface area contributed by atoms with Gasteiger partial charge in [0, 0.05) is 39.8 Å². The number of hydrogen-bond donors (Lipinski definition) is 2. The van der Waals surface area contributed by atoms with Crippen LogP contribution < -0.4 is 10.1 Å². The summed E-state index contributed by atoms with van der Waals surface area (Å²) in [6.45, 7) is 4.08. The van der Waals surface area contributed by atoms with Gasteiger partial charge in [-0.1, -0.05) is 22.8 Å². The minimum atomic E-state index is -0.142. The first-order valence-electron chi connectivity index (χ1n) is 10.2. The van der Waals surface area contributed by atoms with E-state index in [9.17, 15) is 4.79 Å². The molecule has 1 amide bonds. The number of H-pyrrole nitrogens is 1. The second-order valence-electron chi connectivity index (χ2n) is 7.95. The first-order chi connectivity index (χ1) is 15.0. The molecule has 0 aliphatic carbocycles. The number of carbonyl (C=O) groups excluding carboxylic acids is 1. The van der Waals surface area contributed by atoms with Crippen molar-refractivity contribution in [3.8, 4) is 16.9 Å². The van der Waals surface area contributed by atoms with E-state index in [0.717, 1.165) is 44.6 Å². The molecule has 0 spiro atoms. The zero-order valence-corrected chi connectivity index (χ0v) is 18.0. The summed E-state index contributed by atoms with van der Waals surface area (Å²) in [5.74, 6) is 1.44. The summed E-state index contributed by atoms with van der Waals surface area (Å²) in [6, 6.07) is 12.2. The fraction of sp³-hybridized carbons (Fsp3) is 0.250. The summed E-state index contributed by atoms with van der Waals surface area (Å²) in [6.07, 6.45) is 2.72. The smallest absolute Gasteiger partial charge is 0.224 e. The van der Waals surface area contributed by atoms with Crippen molar-refractivity contribution in [2.45, 2.75) is 32.8 Å². The highest BCUT2D eigenvalue weighted by Crippen LogP contribution is 2.41. The predicted octanol–water partition coefficient (Wildman–Crippen LogP) is 4.76. The first-order valence-corrected chi connectivity index (χ1v) is 10.6. The number of nitrogens with one attached hydrogen (secondary N) is 2. The zero-order chi connectivity index (χ0) is 21.5. The number of ether oxygens (including phenoxy) is 1. The standard InChI is InChI=1S/C24H22ClN3O3/c1-13-20(14(2)31-28-13)11-23(29)27-12-19-9-17-8-18(25)10-21(24(17)30-19)15-3-4-22-16(7-15)5-6-26-22/h3-8,10,19,26H,9,11-12H2,1-2H3,(H,27,29). The molecule has 31 heavy (non-hydrogen) atoms. The second-order valence-corrected chi connectivity index (χ2v) is 8.39. The third-order valence-corrected chi connectivity index (χ3v) is 5.99. The average molecular weight is 436 g/mol. The SMILES string of the molecule is Cc1noc(C)c1CC(=O)NCC1Cc2cc(Cl)cc(-c3ccc4[nH]ccc4c3)c2O1. The Bertz CT molecular complexity index is 1270. The maximum atomic E-state index is 12.4. The number of aryl methyl sites for hydroxylation is 2. The van der Waals surface area contributed by atoms with E-state index in [4.69, 9.17) is 20.9 Å². The molecule has 3 heterocycles. The molecule has 0 radical (unpaired) electrons. The molecular formula is C24H22ClN3O3. The molecule has 2 aromatic carbocycles. The Balaban J connectivity index is 1.31. The molecule has 6 nitrogen and oxygen atoms in total. The van der Waals surface area contributed by atoms with Crippen molar-refractivity contribution in [2.24, 2.45) is 0 Å². The number of hydrogen-bond acceptors (Lipinski definition) is 4. The van der Waals surface area contributed by atoms with Crippen LogP contribution in [0.5, 0.6) is 5.75 Å². The highest BCUT2D eigenvalue weighted by Gasteiger charge is 2.27. The van der Waals surface area contributed by atoms with Crippen molar-refractivity contribution in [1.29, 1.82) is 0 Å².